The van der Waals surface area contributed by atoms with E-state index in [2.05, 4.69) is 101 Å². The maximum atomic E-state index is 14.9. The number of carboxylic acids is 2. The van der Waals surface area contributed by atoms with Crippen LogP contribution in [0.5, 0.6) is 0 Å². The third-order valence-corrected chi connectivity index (χ3v) is 20.5. The average Bonchev–Trinajstić information content (AvgIpc) is 0.988. The Morgan fingerprint density at radius 3 is 1.33 bits per heavy atom. The molecule has 0 aliphatic carbocycles. The van der Waals surface area contributed by atoms with Crippen LogP contribution in [0.4, 0.5) is 5.82 Å². The van der Waals surface area contributed by atoms with Crippen LogP contribution in [-0.4, -0.2) is 241 Å². The molecule has 0 spiro atoms. The predicted octanol–water partition coefficient (Wildman–Crippen LogP) is -2.61. The third-order valence-electron chi connectivity index (χ3n) is 19.5. The monoisotopic (exact) mass is 1770 g/mol. The van der Waals surface area contributed by atoms with E-state index in [4.69, 9.17) is 22.3 Å². The van der Waals surface area contributed by atoms with Gasteiger partial charge in [0.2, 0.25) is 76.8 Å². The number of nitrogens with two attached hydrogens (primary N) is 2. The zero-order chi connectivity index (χ0) is 91.7. The minimum absolute atomic E-state index is 0.00748. The fourth-order valence-electron chi connectivity index (χ4n) is 13.0. The molecule has 2 fully saturated rings. The maximum Gasteiger partial charge on any atom is 0.305 e. The molecule has 2 aliphatic rings. The summed E-state index contributed by atoms with van der Waals surface area (Å²) in [6.07, 6.45) is -1.11. The highest BCUT2D eigenvalue weighted by Crippen LogP contribution is 2.45. The molecule has 44 nitrogen and oxygen atoms in total. The molecule has 2 aliphatic heterocycles. The van der Waals surface area contributed by atoms with E-state index in [1.807, 2.05) is 0 Å². The highest BCUT2D eigenvalue weighted by molar-refractivity contribution is 8.19. The minimum Gasteiger partial charge on any atom is -0.481 e. The van der Waals surface area contributed by atoms with Crippen molar-refractivity contribution in [1.29, 1.82) is 10.8 Å². The van der Waals surface area contributed by atoms with Crippen molar-refractivity contribution in [2.75, 3.05) is 44.7 Å². The Labute approximate surface area is 724 Å². The van der Waals surface area contributed by atoms with Crippen molar-refractivity contribution in [3.05, 3.63) is 161 Å². The molecule has 4 aromatic carbocycles. The highest BCUT2D eigenvalue weighted by atomic mass is 32.3. The van der Waals surface area contributed by atoms with E-state index in [0.29, 0.717) is 16.7 Å². The molecule has 7 rings (SSSR count). The van der Waals surface area contributed by atoms with Crippen LogP contribution >= 0.6 is 10.9 Å². The van der Waals surface area contributed by atoms with Gasteiger partial charge in [0.05, 0.1) is 42.6 Å². The Hall–Kier alpha value is -14.2. The maximum absolute atomic E-state index is 14.9. The van der Waals surface area contributed by atoms with E-state index in [9.17, 15) is 101 Å². The second-order valence-electron chi connectivity index (χ2n) is 29.4. The molecule has 10 atom stereocenters. The van der Waals surface area contributed by atoms with Crippen LogP contribution in [-0.2, 0) is 91.2 Å². The number of carbonyl (C=O) groups is 16. The van der Waals surface area contributed by atoms with Crippen molar-refractivity contribution in [2.45, 2.75) is 174 Å². The molecule has 3 heterocycles. The lowest BCUT2D eigenvalue weighted by Crippen LogP contribution is -2.58. The number of guanidine groups is 2. The van der Waals surface area contributed by atoms with Gasteiger partial charge in [0, 0.05) is 63.6 Å². The van der Waals surface area contributed by atoms with Gasteiger partial charge in [-0.15, -0.1) is 0 Å². The van der Waals surface area contributed by atoms with Crippen molar-refractivity contribution in [1.82, 2.24) is 90.1 Å². The lowest BCUT2D eigenvalue weighted by Gasteiger charge is -2.26. The van der Waals surface area contributed by atoms with Crippen molar-refractivity contribution in [3.63, 3.8) is 0 Å². The van der Waals surface area contributed by atoms with Gasteiger partial charge in [0.15, 0.2) is 11.9 Å². The van der Waals surface area contributed by atoms with Crippen LogP contribution < -0.4 is 102 Å². The Kier molecular flexibility index (Phi) is 40.0. The number of hydrogen-bond acceptors (Lipinski definition) is 24. The van der Waals surface area contributed by atoms with Crippen molar-refractivity contribution in [3.8, 4) is 0 Å². The molecule has 126 heavy (non-hydrogen) atoms. The summed E-state index contributed by atoms with van der Waals surface area (Å²) in [6.45, 7) is -1.74. The van der Waals surface area contributed by atoms with E-state index >= 15 is 0 Å². The van der Waals surface area contributed by atoms with Crippen LogP contribution in [0.25, 0.3) is 0 Å². The quantitative estimate of drug-likeness (QED) is 0.00827. The molecule has 0 saturated carbocycles. The third kappa shape index (κ3) is 35.3. The normalized spacial score (nSPS) is 19.5. The van der Waals surface area contributed by atoms with Gasteiger partial charge >= 0.3 is 11.9 Å². The molecule has 45 heteroatoms. The largest absolute Gasteiger partial charge is 0.481 e. The topological polar surface area (TPSA) is 704 Å². The Morgan fingerprint density at radius 2 is 0.873 bits per heavy atom. The Morgan fingerprint density at radius 1 is 0.460 bits per heavy atom. The zero-order valence-corrected chi connectivity index (χ0v) is 69.4. The number of carbonyl (C=O) groups excluding carboxylic acids is 14. The highest BCUT2D eigenvalue weighted by Gasteiger charge is 2.37. The number of hydrogen-bond donors (Lipinski definition) is 26. The van der Waals surface area contributed by atoms with Gasteiger partial charge in [-0.3, -0.25) is 93.0 Å². The molecule has 1 aromatic heterocycles. The number of amides is 14. The zero-order valence-electron chi connectivity index (χ0n) is 68.5. The van der Waals surface area contributed by atoms with Crippen LogP contribution in [0.2, 0.25) is 0 Å². The van der Waals surface area contributed by atoms with Gasteiger partial charge in [-0.25, -0.2) is 4.98 Å². The summed E-state index contributed by atoms with van der Waals surface area (Å²) in [6, 6.07) is 18.3. The number of unbranched alkanes of at least 4 members (excludes halogenated alkanes) is 2. The van der Waals surface area contributed by atoms with Gasteiger partial charge in [0.25, 0.3) is 5.91 Å². The fourth-order valence-corrected chi connectivity index (χ4v) is 13.7. The number of rotatable bonds is 40. The van der Waals surface area contributed by atoms with Gasteiger partial charge in [-0.2, -0.15) is 5.10 Å². The number of aliphatic carboxylic acids is 2. The van der Waals surface area contributed by atoms with Crippen molar-refractivity contribution < 1.29 is 101 Å². The van der Waals surface area contributed by atoms with Crippen LogP contribution in [0, 0.1) is 10.8 Å². The lowest BCUT2D eigenvalue weighted by atomic mass is 10.0. The summed E-state index contributed by atoms with van der Waals surface area (Å²) in [5.74, 6) is -16.5. The molecular formula is C81H107N23O21S. The van der Waals surface area contributed by atoms with E-state index in [1.54, 1.807) is 97.1 Å². The molecule has 28 N–H and O–H groups in total. The Balaban J connectivity index is 1.12. The molecule has 2 saturated heterocycles. The van der Waals surface area contributed by atoms with Gasteiger partial charge < -0.3 is 120 Å². The first-order valence-electron chi connectivity index (χ1n) is 40.4. The summed E-state index contributed by atoms with van der Waals surface area (Å²) in [5.41, 5.74) is 15.3. The number of aromatic nitrogens is 1. The standard InChI is InChI=1S/C81H107N23O21S/c82-80(83)88-36-16-27-52-71(114)91-45-65(106)94-60(41-67(108)109)78(121)102-58(39-48-20-6-2-7-21-48)76(119)98-54(73(116)96-52)25-12-14-34-86-64(105)33-31-56(100-75(118)57(38-47-18-4-1-5-19-47)101-69(112)51-30-32-63(90-43-51)104-93-44-50-24-10-11-29-62(50)126(123,124)125)70(113)87-35-15-13-26-55-74(117)97-53(28-17-37-89-81(84)85)72(115)92-46-66(107)95-61(42-68(110)111)79(122)103-59(77(120)99-55)40-49-22-8-3-9-23-49/h1-11,18-24,29-30,32,43-44,52-61,123-125H,12-17,25-28,31,33-42,45-46H2,(H,86,105)(H,87,113)(H,90,104)(H,91,114)(H,92,115)(H,94,106)(H,95,107)(H,96,116)(H,97,117)(H,98,119)(H,99,120)(H,100,118)(H,101,112)(H,102,121)(H,103,122)(H,108,109)(H,110,111)(H4,82,83,88)(H4,84,85,89)/t52?,53-,54-,55-,56?,57-,58+,59+,60-,61-/m0/s1. The van der Waals surface area contributed by atoms with Crippen molar-refractivity contribution >= 4 is 129 Å². The number of nitrogens with one attached hydrogen (secondary N) is 19. The van der Waals surface area contributed by atoms with Gasteiger partial charge in [0.1, 0.15) is 77.1 Å². The average molecular weight is 1770 g/mol. The number of nitrogens with zero attached hydrogens (tertiary/aromatic N) is 2. The summed E-state index contributed by atoms with van der Waals surface area (Å²) < 4.78 is 29.7. The summed E-state index contributed by atoms with van der Waals surface area (Å²) >= 11 is 0. The Bertz CT molecular complexity index is 4670. The number of anilines is 1. The molecule has 5 aromatic rings. The summed E-state index contributed by atoms with van der Waals surface area (Å²) in [5, 5.41) is 79.6. The number of pyridine rings is 1. The van der Waals surface area contributed by atoms with Crippen LogP contribution in [0.1, 0.15) is 123 Å². The fraction of sp³-hybridized carbons (Fsp3) is 0.407. The summed E-state index contributed by atoms with van der Waals surface area (Å²) in [4.78, 5) is 225. The SMILES string of the molecule is N=C(N)NCCCC1NC(=O)[C@H](CCCCNC(=O)CCC(NC(=O)[C@H](Cc2ccccc2)NC(=O)c2ccc(NN=Cc3ccccc3S(O)(O)O)nc2)C(=O)NCCCC[C@@H]2NC(=O)[C@@H](Cc3ccccc3)NC(=O)[C@H](CC(=O)O)NC(=O)CNC(=O)[C@H](CCCNC(=N)N)NC2=O)NC(=O)[C@@H](Cc2ccccc2)NC(=O)[C@H](CC(=O)O)NC(=O)CNC1=O. The molecule has 0 bridgehead atoms. The lowest BCUT2D eigenvalue weighted by molar-refractivity contribution is -0.141. The van der Waals surface area contributed by atoms with Gasteiger partial charge in [-0.05, 0) is 106 Å². The molecule has 678 valence electrons. The first kappa shape index (κ1) is 98.9. The number of benzene rings is 4. The molecule has 14 amide bonds. The van der Waals surface area contributed by atoms with E-state index in [-0.39, 0.29) is 137 Å². The second-order valence-corrected chi connectivity index (χ2v) is 30.9. The van der Waals surface area contributed by atoms with Crippen molar-refractivity contribution in [2.24, 2.45) is 16.6 Å². The first-order valence-corrected chi connectivity index (χ1v) is 41.9. The van der Waals surface area contributed by atoms with E-state index in [1.165, 1.54) is 36.5 Å². The van der Waals surface area contributed by atoms with Gasteiger partial charge in [-0.1, -0.05) is 109 Å². The number of carboxylic acid groups (broad SMARTS) is 2. The second kappa shape index (κ2) is 51.0. The molecular weight excluding hydrogens is 1660 g/mol. The first-order chi connectivity index (χ1) is 60.2. The van der Waals surface area contributed by atoms with Crippen LogP contribution in [0.3, 0.4) is 0 Å². The van der Waals surface area contributed by atoms with Crippen LogP contribution in [0.15, 0.2) is 144 Å². The van der Waals surface area contributed by atoms with E-state index < -0.39 is 211 Å². The molecule has 2 unspecified atom stereocenters. The predicted molar refractivity (Wildman–Crippen MR) is 456 cm³/mol. The number of hydrazone groups is 1. The minimum atomic E-state index is -4.12. The summed E-state index contributed by atoms with van der Waals surface area (Å²) in [7, 11) is -4.12. The smallest absolute Gasteiger partial charge is 0.305 e. The van der Waals surface area contributed by atoms with E-state index in [0.717, 1.165) is 6.20 Å². The molecule has 0 radical (unpaired) electrons.